The van der Waals surface area contributed by atoms with Crippen molar-refractivity contribution in [2.45, 2.75) is 26.4 Å². The average molecular weight is 274 g/mol. The molecule has 0 saturated carbocycles. The van der Waals surface area contributed by atoms with Gasteiger partial charge < -0.3 is 11.1 Å². The number of anilines is 2. The minimum Gasteiger partial charge on any atom is -0.397 e. The van der Waals surface area contributed by atoms with Crippen molar-refractivity contribution in [2.75, 3.05) is 11.1 Å². The highest BCUT2D eigenvalue weighted by Gasteiger charge is 2.10. The van der Waals surface area contributed by atoms with Gasteiger partial charge in [-0.1, -0.05) is 12.1 Å². The van der Waals surface area contributed by atoms with Crippen molar-refractivity contribution in [3.63, 3.8) is 0 Å². The summed E-state index contributed by atoms with van der Waals surface area (Å²) in [6.07, 6.45) is 3.29. The molecule has 1 aromatic heterocycles. The average Bonchev–Trinajstić information content (AvgIpc) is 2.74. The monoisotopic (exact) mass is 274 g/mol. The number of hydrogen-bond acceptors (Lipinski definition) is 3. The SMILES string of the molecule is CC(C)n1ccn(CC(=O)Nc2ccccc2N)c1=O. The first-order chi connectivity index (χ1) is 9.49. The molecule has 0 aliphatic rings. The minimum absolute atomic E-state index is 0.0348. The van der Waals surface area contributed by atoms with Gasteiger partial charge in [-0.2, -0.15) is 0 Å². The Bertz CT molecular complexity index is 670. The van der Waals surface area contributed by atoms with E-state index in [4.69, 9.17) is 5.73 Å². The number of amides is 1. The van der Waals surface area contributed by atoms with Crippen molar-refractivity contribution in [3.05, 3.63) is 47.1 Å². The van der Waals surface area contributed by atoms with Crippen LogP contribution < -0.4 is 16.7 Å². The number of nitrogens with one attached hydrogen (secondary N) is 1. The van der Waals surface area contributed by atoms with Gasteiger partial charge >= 0.3 is 5.69 Å². The Morgan fingerprint density at radius 2 is 2.00 bits per heavy atom. The zero-order valence-corrected chi connectivity index (χ0v) is 11.5. The number of aromatic nitrogens is 2. The standard InChI is InChI=1S/C14H18N4O2/c1-10(2)18-8-7-17(14(18)20)9-13(19)16-12-6-4-3-5-11(12)15/h3-8,10H,9,15H2,1-2H3,(H,16,19). The van der Waals surface area contributed by atoms with Crippen LogP contribution in [0.1, 0.15) is 19.9 Å². The molecule has 0 bridgehead atoms. The highest BCUT2D eigenvalue weighted by atomic mass is 16.2. The summed E-state index contributed by atoms with van der Waals surface area (Å²) >= 11 is 0. The van der Waals surface area contributed by atoms with Crippen molar-refractivity contribution in [3.8, 4) is 0 Å². The maximum atomic E-state index is 12.0. The third-order valence-electron chi connectivity index (χ3n) is 2.98. The Morgan fingerprint density at radius 3 is 2.60 bits per heavy atom. The molecule has 6 heteroatoms. The van der Waals surface area contributed by atoms with Gasteiger partial charge in [0.05, 0.1) is 11.4 Å². The predicted molar refractivity (Wildman–Crippen MR) is 78.6 cm³/mol. The van der Waals surface area contributed by atoms with Crippen LogP contribution in [0.4, 0.5) is 11.4 Å². The van der Waals surface area contributed by atoms with Gasteiger partial charge in [-0.25, -0.2) is 4.79 Å². The van der Waals surface area contributed by atoms with E-state index in [2.05, 4.69) is 5.32 Å². The number of carbonyl (C=O) groups is 1. The Kier molecular flexibility index (Phi) is 3.93. The second-order valence-corrected chi connectivity index (χ2v) is 4.85. The quantitative estimate of drug-likeness (QED) is 0.828. The Morgan fingerprint density at radius 1 is 1.30 bits per heavy atom. The van der Waals surface area contributed by atoms with Gasteiger partial charge in [-0.05, 0) is 26.0 Å². The fourth-order valence-corrected chi connectivity index (χ4v) is 1.90. The topological polar surface area (TPSA) is 82.1 Å². The van der Waals surface area contributed by atoms with Gasteiger partial charge in [0.25, 0.3) is 0 Å². The van der Waals surface area contributed by atoms with Crippen LogP contribution in [0.15, 0.2) is 41.5 Å². The maximum Gasteiger partial charge on any atom is 0.328 e. The number of para-hydroxylation sites is 2. The molecule has 0 spiro atoms. The van der Waals surface area contributed by atoms with Gasteiger partial charge in [0.15, 0.2) is 0 Å². The van der Waals surface area contributed by atoms with Crippen LogP contribution in [-0.4, -0.2) is 15.0 Å². The predicted octanol–water partition coefficient (Wildman–Crippen LogP) is 1.45. The molecule has 6 nitrogen and oxygen atoms in total. The maximum absolute atomic E-state index is 12.0. The Hall–Kier alpha value is -2.50. The van der Waals surface area contributed by atoms with E-state index in [1.807, 2.05) is 13.8 Å². The van der Waals surface area contributed by atoms with Crippen LogP contribution in [0.5, 0.6) is 0 Å². The van der Waals surface area contributed by atoms with Crippen LogP contribution in [0, 0.1) is 0 Å². The van der Waals surface area contributed by atoms with E-state index >= 15 is 0 Å². The lowest BCUT2D eigenvalue weighted by Crippen LogP contribution is -2.29. The molecule has 0 fully saturated rings. The summed E-state index contributed by atoms with van der Waals surface area (Å²) in [5.41, 5.74) is 6.59. The fourth-order valence-electron chi connectivity index (χ4n) is 1.90. The summed E-state index contributed by atoms with van der Waals surface area (Å²) in [6.45, 7) is 3.79. The molecule has 0 radical (unpaired) electrons. The lowest BCUT2D eigenvalue weighted by Gasteiger charge is -2.08. The number of nitrogens with zero attached hydrogens (tertiary/aromatic N) is 2. The van der Waals surface area contributed by atoms with Crippen LogP contribution in [-0.2, 0) is 11.3 Å². The van der Waals surface area contributed by atoms with Crippen molar-refractivity contribution in [2.24, 2.45) is 0 Å². The Labute approximate surface area is 116 Å². The highest BCUT2D eigenvalue weighted by molar-refractivity contribution is 5.93. The largest absolute Gasteiger partial charge is 0.397 e. The second-order valence-electron chi connectivity index (χ2n) is 4.85. The van der Waals surface area contributed by atoms with Gasteiger partial charge in [0.1, 0.15) is 6.54 Å². The van der Waals surface area contributed by atoms with E-state index in [1.165, 1.54) is 4.57 Å². The van der Waals surface area contributed by atoms with E-state index in [0.29, 0.717) is 11.4 Å². The number of imidazole rings is 1. The number of rotatable bonds is 4. The summed E-state index contributed by atoms with van der Waals surface area (Å²) in [5.74, 6) is -0.286. The van der Waals surface area contributed by atoms with Crippen molar-refractivity contribution >= 4 is 17.3 Å². The molecule has 20 heavy (non-hydrogen) atoms. The second kappa shape index (κ2) is 5.64. The minimum atomic E-state index is -0.286. The number of nitrogens with two attached hydrogens (primary N) is 1. The van der Waals surface area contributed by atoms with Crippen molar-refractivity contribution in [1.82, 2.24) is 9.13 Å². The number of carbonyl (C=O) groups excluding carboxylic acids is 1. The van der Waals surface area contributed by atoms with Crippen LogP contribution >= 0.6 is 0 Å². The fraction of sp³-hybridized carbons (Fsp3) is 0.286. The van der Waals surface area contributed by atoms with Gasteiger partial charge in [0.2, 0.25) is 5.91 Å². The zero-order chi connectivity index (χ0) is 14.7. The van der Waals surface area contributed by atoms with Crippen LogP contribution in [0.3, 0.4) is 0 Å². The molecule has 0 aliphatic carbocycles. The van der Waals surface area contributed by atoms with Gasteiger partial charge in [-0.3, -0.25) is 13.9 Å². The molecule has 2 aromatic rings. The number of benzene rings is 1. The van der Waals surface area contributed by atoms with Crippen LogP contribution in [0.25, 0.3) is 0 Å². The van der Waals surface area contributed by atoms with Gasteiger partial charge in [-0.15, -0.1) is 0 Å². The molecule has 0 atom stereocenters. The molecule has 0 unspecified atom stereocenters. The molecule has 1 heterocycles. The van der Waals surface area contributed by atoms with E-state index in [0.717, 1.165) is 0 Å². The first-order valence-electron chi connectivity index (χ1n) is 6.40. The van der Waals surface area contributed by atoms with Crippen LogP contribution in [0.2, 0.25) is 0 Å². The molecule has 3 N–H and O–H groups in total. The number of nitrogen functional groups attached to an aromatic ring is 1. The third kappa shape index (κ3) is 2.90. The van der Waals surface area contributed by atoms with E-state index < -0.39 is 0 Å². The lowest BCUT2D eigenvalue weighted by molar-refractivity contribution is -0.116. The summed E-state index contributed by atoms with van der Waals surface area (Å²) in [5, 5.41) is 2.69. The lowest BCUT2D eigenvalue weighted by atomic mass is 10.2. The Balaban J connectivity index is 2.09. The molecular formula is C14H18N4O2. The number of hydrogen-bond donors (Lipinski definition) is 2. The first kappa shape index (κ1) is 13.9. The molecule has 2 rings (SSSR count). The molecular weight excluding hydrogens is 256 g/mol. The van der Waals surface area contributed by atoms with Crippen molar-refractivity contribution in [1.29, 1.82) is 0 Å². The summed E-state index contributed by atoms with van der Waals surface area (Å²) in [6, 6.07) is 7.06. The highest BCUT2D eigenvalue weighted by Crippen LogP contribution is 2.16. The normalized spacial score (nSPS) is 10.8. The first-order valence-corrected chi connectivity index (χ1v) is 6.40. The molecule has 0 aliphatic heterocycles. The summed E-state index contributed by atoms with van der Waals surface area (Å²) < 4.78 is 2.94. The smallest absolute Gasteiger partial charge is 0.328 e. The molecule has 106 valence electrons. The molecule has 0 saturated heterocycles. The third-order valence-corrected chi connectivity index (χ3v) is 2.98. The van der Waals surface area contributed by atoms with E-state index in [-0.39, 0.29) is 24.2 Å². The molecule has 1 aromatic carbocycles. The zero-order valence-electron chi connectivity index (χ0n) is 11.5. The molecule has 1 amide bonds. The van der Waals surface area contributed by atoms with Crippen molar-refractivity contribution < 1.29 is 4.79 Å². The van der Waals surface area contributed by atoms with Gasteiger partial charge in [0, 0.05) is 18.4 Å². The van der Waals surface area contributed by atoms with E-state index in [1.54, 1.807) is 41.2 Å². The van der Waals surface area contributed by atoms with E-state index in [9.17, 15) is 9.59 Å². The summed E-state index contributed by atoms with van der Waals surface area (Å²) in [4.78, 5) is 23.9. The summed E-state index contributed by atoms with van der Waals surface area (Å²) in [7, 11) is 0.